The number of rotatable bonds is 3. The van der Waals surface area contributed by atoms with Gasteiger partial charge in [0.15, 0.2) is 0 Å². The van der Waals surface area contributed by atoms with Gasteiger partial charge in [0.25, 0.3) is 0 Å². The molecule has 0 saturated carbocycles. The molecule has 0 aromatic carbocycles. The first-order chi connectivity index (χ1) is 8.58. The van der Waals surface area contributed by atoms with Gasteiger partial charge in [-0.1, -0.05) is 13.8 Å². The smallest absolute Gasteiger partial charge is 0.0931 e. The number of nitrogens with zero attached hydrogens (tertiary/aromatic N) is 2. The Labute approximate surface area is 110 Å². The molecule has 2 heterocycles. The van der Waals surface area contributed by atoms with E-state index in [1.54, 1.807) is 6.92 Å². The Morgan fingerprint density at radius 1 is 1.22 bits per heavy atom. The zero-order chi connectivity index (χ0) is 13.1. The van der Waals surface area contributed by atoms with Gasteiger partial charge in [0.2, 0.25) is 0 Å². The van der Waals surface area contributed by atoms with E-state index in [4.69, 9.17) is 0 Å². The second-order valence-electron chi connectivity index (χ2n) is 5.69. The van der Waals surface area contributed by atoms with Crippen molar-refractivity contribution < 1.29 is 5.11 Å². The SMILES string of the molecule is CC(C)C1CCN(c2ccc([C@@H](C)O)nc2)CC1. The van der Waals surface area contributed by atoms with Gasteiger partial charge in [-0.05, 0) is 43.7 Å². The lowest BCUT2D eigenvalue weighted by molar-refractivity contribution is 0.194. The first kappa shape index (κ1) is 13.3. The average Bonchev–Trinajstić information content (AvgIpc) is 2.39. The highest BCUT2D eigenvalue weighted by atomic mass is 16.3. The molecule has 1 aromatic rings. The minimum atomic E-state index is -0.481. The topological polar surface area (TPSA) is 36.4 Å². The fourth-order valence-corrected chi connectivity index (χ4v) is 2.66. The molecular formula is C15H24N2O. The molecule has 3 heteroatoms. The lowest BCUT2D eigenvalue weighted by Crippen LogP contribution is -2.35. The van der Waals surface area contributed by atoms with E-state index in [1.165, 1.54) is 18.5 Å². The van der Waals surface area contributed by atoms with Gasteiger partial charge in [0, 0.05) is 13.1 Å². The predicted molar refractivity (Wildman–Crippen MR) is 74.6 cm³/mol. The minimum absolute atomic E-state index is 0.481. The number of pyridine rings is 1. The van der Waals surface area contributed by atoms with Gasteiger partial charge in [0.05, 0.1) is 23.7 Å². The Morgan fingerprint density at radius 3 is 2.33 bits per heavy atom. The zero-order valence-electron chi connectivity index (χ0n) is 11.6. The first-order valence-electron chi connectivity index (χ1n) is 6.97. The number of anilines is 1. The number of hydrogen-bond donors (Lipinski definition) is 1. The first-order valence-corrected chi connectivity index (χ1v) is 6.97. The molecule has 0 spiro atoms. The Kier molecular flexibility index (Phi) is 4.23. The van der Waals surface area contributed by atoms with Crippen molar-refractivity contribution in [3.05, 3.63) is 24.0 Å². The van der Waals surface area contributed by atoms with Crippen LogP contribution in [-0.2, 0) is 0 Å². The summed E-state index contributed by atoms with van der Waals surface area (Å²) in [5, 5.41) is 9.44. The van der Waals surface area contributed by atoms with Crippen LogP contribution in [-0.4, -0.2) is 23.2 Å². The third kappa shape index (κ3) is 3.02. The highest BCUT2D eigenvalue weighted by molar-refractivity contribution is 5.45. The van der Waals surface area contributed by atoms with Crippen LogP contribution in [0.1, 0.15) is 45.4 Å². The number of hydrogen-bond acceptors (Lipinski definition) is 3. The van der Waals surface area contributed by atoms with E-state index in [0.717, 1.165) is 30.6 Å². The van der Waals surface area contributed by atoms with E-state index in [-0.39, 0.29) is 0 Å². The quantitative estimate of drug-likeness (QED) is 0.893. The Balaban J connectivity index is 1.97. The summed E-state index contributed by atoms with van der Waals surface area (Å²) in [7, 11) is 0. The molecule has 1 fully saturated rings. The van der Waals surface area contributed by atoms with Gasteiger partial charge in [-0.3, -0.25) is 4.98 Å². The highest BCUT2D eigenvalue weighted by Gasteiger charge is 2.21. The molecule has 0 unspecified atom stereocenters. The Morgan fingerprint density at radius 2 is 1.89 bits per heavy atom. The third-order valence-corrected chi connectivity index (χ3v) is 4.05. The summed E-state index contributed by atoms with van der Waals surface area (Å²) < 4.78 is 0. The summed E-state index contributed by atoms with van der Waals surface area (Å²) >= 11 is 0. The van der Waals surface area contributed by atoms with Crippen LogP contribution < -0.4 is 4.90 Å². The van der Waals surface area contributed by atoms with Crippen LogP contribution in [0.5, 0.6) is 0 Å². The van der Waals surface area contributed by atoms with Crippen LogP contribution in [0, 0.1) is 11.8 Å². The molecule has 1 N–H and O–H groups in total. The summed E-state index contributed by atoms with van der Waals surface area (Å²) in [6.07, 6.45) is 3.95. The minimum Gasteiger partial charge on any atom is -0.387 e. The molecule has 1 aromatic heterocycles. The molecule has 3 nitrogen and oxygen atoms in total. The molecule has 2 rings (SSSR count). The summed E-state index contributed by atoms with van der Waals surface area (Å²) in [5.74, 6) is 1.66. The van der Waals surface area contributed by atoms with Gasteiger partial charge in [-0.15, -0.1) is 0 Å². The van der Waals surface area contributed by atoms with E-state index >= 15 is 0 Å². The second kappa shape index (κ2) is 5.70. The fourth-order valence-electron chi connectivity index (χ4n) is 2.66. The van der Waals surface area contributed by atoms with Crippen molar-refractivity contribution in [2.45, 2.75) is 39.7 Å². The molecule has 18 heavy (non-hydrogen) atoms. The lowest BCUT2D eigenvalue weighted by atomic mass is 9.86. The van der Waals surface area contributed by atoms with Crippen LogP contribution in [0.15, 0.2) is 18.3 Å². The molecule has 1 aliphatic rings. The maximum Gasteiger partial charge on any atom is 0.0931 e. The second-order valence-corrected chi connectivity index (χ2v) is 5.69. The maximum absolute atomic E-state index is 9.44. The van der Waals surface area contributed by atoms with E-state index in [2.05, 4.69) is 29.8 Å². The molecule has 0 radical (unpaired) electrons. The van der Waals surface area contributed by atoms with Gasteiger partial charge in [0.1, 0.15) is 0 Å². The van der Waals surface area contributed by atoms with Crippen molar-refractivity contribution in [1.29, 1.82) is 0 Å². The maximum atomic E-state index is 9.44. The fraction of sp³-hybridized carbons (Fsp3) is 0.667. The normalized spacial score (nSPS) is 19.3. The van der Waals surface area contributed by atoms with Gasteiger partial charge in [-0.25, -0.2) is 0 Å². The van der Waals surface area contributed by atoms with E-state index in [1.807, 2.05) is 12.3 Å². The molecule has 0 aliphatic carbocycles. The van der Waals surface area contributed by atoms with E-state index in [0.29, 0.717) is 0 Å². The number of aliphatic hydroxyl groups is 1. The number of aromatic nitrogens is 1. The van der Waals surface area contributed by atoms with Crippen molar-refractivity contribution in [3.8, 4) is 0 Å². The van der Waals surface area contributed by atoms with Crippen molar-refractivity contribution in [2.75, 3.05) is 18.0 Å². The van der Waals surface area contributed by atoms with Gasteiger partial charge >= 0.3 is 0 Å². The van der Waals surface area contributed by atoms with Crippen molar-refractivity contribution in [3.63, 3.8) is 0 Å². The van der Waals surface area contributed by atoms with Gasteiger partial charge < -0.3 is 10.0 Å². The molecule has 0 amide bonds. The Hall–Kier alpha value is -1.09. The summed E-state index contributed by atoms with van der Waals surface area (Å²) in [6.45, 7) is 8.63. The van der Waals surface area contributed by atoms with Crippen molar-refractivity contribution in [2.24, 2.45) is 11.8 Å². The van der Waals surface area contributed by atoms with E-state index < -0.39 is 6.10 Å². The predicted octanol–water partition coefficient (Wildman–Crippen LogP) is 3.01. The molecular weight excluding hydrogens is 224 g/mol. The van der Waals surface area contributed by atoms with E-state index in [9.17, 15) is 5.11 Å². The molecule has 1 aliphatic heterocycles. The number of piperidine rings is 1. The monoisotopic (exact) mass is 248 g/mol. The molecule has 0 bridgehead atoms. The van der Waals surface area contributed by atoms with Crippen molar-refractivity contribution in [1.82, 2.24) is 4.98 Å². The number of aliphatic hydroxyl groups excluding tert-OH is 1. The van der Waals surface area contributed by atoms with Gasteiger partial charge in [-0.2, -0.15) is 0 Å². The van der Waals surface area contributed by atoms with Crippen molar-refractivity contribution >= 4 is 5.69 Å². The summed E-state index contributed by atoms with van der Waals surface area (Å²) in [6, 6.07) is 4.00. The van der Waals surface area contributed by atoms with Crippen LogP contribution in [0.25, 0.3) is 0 Å². The third-order valence-electron chi connectivity index (χ3n) is 4.05. The molecule has 1 atom stereocenters. The standard InChI is InChI=1S/C15H24N2O/c1-11(2)13-6-8-17(9-7-13)14-4-5-15(12(3)18)16-10-14/h4-5,10-13,18H,6-9H2,1-3H3/t12-/m1/s1. The van der Waals surface area contributed by atoms with Crippen LogP contribution >= 0.6 is 0 Å². The lowest BCUT2D eigenvalue weighted by Gasteiger charge is -2.35. The average molecular weight is 248 g/mol. The summed E-state index contributed by atoms with van der Waals surface area (Å²) in [5.41, 5.74) is 1.93. The van der Waals surface area contributed by atoms with Crippen LogP contribution in [0.4, 0.5) is 5.69 Å². The van der Waals surface area contributed by atoms with Crippen LogP contribution in [0.2, 0.25) is 0 Å². The Bertz CT molecular complexity index is 365. The highest BCUT2D eigenvalue weighted by Crippen LogP contribution is 2.27. The molecule has 1 saturated heterocycles. The van der Waals surface area contributed by atoms with Crippen LogP contribution in [0.3, 0.4) is 0 Å². The largest absolute Gasteiger partial charge is 0.387 e. The molecule has 100 valence electrons. The summed E-state index contributed by atoms with van der Waals surface area (Å²) in [4.78, 5) is 6.72. The zero-order valence-corrected chi connectivity index (χ0v) is 11.6.